The molecule has 0 aliphatic rings. The second kappa shape index (κ2) is 9.64. The summed E-state index contributed by atoms with van der Waals surface area (Å²) in [7, 11) is 5.89. The van der Waals surface area contributed by atoms with Crippen molar-refractivity contribution in [2.45, 2.75) is 26.3 Å². The Labute approximate surface area is 129 Å². The predicted molar refractivity (Wildman–Crippen MR) is 88.3 cm³/mol. The highest BCUT2D eigenvalue weighted by atomic mass is 16.5. The molecule has 0 saturated heterocycles. The van der Waals surface area contributed by atoms with Crippen LogP contribution in [0, 0.1) is 5.92 Å². The highest BCUT2D eigenvalue weighted by molar-refractivity contribution is 5.31. The number of rotatable bonds is 10. The maximum atomic E-state index is 5.73. The van der Waals surface area contributed by atoms with Gasteiger partial charge in [-0.05, 0) is 50.7 Å². The van der Waals surface area contributed by atoms with Crippen molar-refractivity contribution in [3.8, 4) is 11.5 Å². The lowest BCUT2D eigenvalue weighted by Crippen LogP contribution is -2.41. The van der Waals surface area contributed by atoms with E-state index in [4.69, 9.17) is 9.47 Å². The van der Waals surface area contributed by atoms with E-state index in [0.29, 0.717) is 18.6 Å². The van der Waals surface area contributed by atoms with Crippen molar-refractivity contribution in [1.29, 1.82) is 0 Å². The number of hydrogen-bond donors (Lipinski definition) is 1. The number of methoxy groups -OCH3 is 1. The van der Waals surface area contributed by atoms with Gasteiger partial charge in [-0.3, -0.25) is 0 Å². The smallest absolute Gasteiger partial charge is 0.119 e. The molecule has 1 aromatic carbocycles. The first-order chi connectivity index (χ1) is 10.0. The first-order valence-electron chi connectivity index (χ1n) is 7.66. The number of hydrogen-bond acceptors (Lipinski definition) is 4. The minimum absolute atomic E-state index is 0.513. The first-order valence-corrected chi connectivity index (χ1v) is 7.66. The van der Waals surface area contributed by atoms with Gasteiger partial charge in [-0.1, -0.05) is 13.8 Å². The molecule has 0 saturated carbocycles. The van der Waals surface area contributed by atoms with Gasteiger partial charge in [0.25, 0.3) is 0 Å². The highest BCUT2D eigenvalue weighted by Gasteiger charge is 2.11. The Morgan fingerprint density at radius 1 is 1.10 bits per heavy atom. The largest absolute Gasteiger partial charge is 0.497 e. The molecule has 1 N–H and O–H groups in total. The van der Waals surface area contributed by atoms with Gasteiger partial charge < -0.3 is 19.7 Å². The van der Waals surface area contributed by atoms with E-state index in [0.717, 1.165) is 24.6 Å². The van der Waals surface area contributed by atoms with Crippen LogP contribution >= 0.6 is 0 Å². The summed E-state index contributed by atoms with van der Waals surface area (Å²) < 4.78 is 10.9. The fraction of sp³-hybridized carbons (Fsp3) is 0.647. The van der Waals surface area contributed by atoms with Crippen molar-refractivity contribution in [3.05, 3.63) is 24.3 Å². The normalized spacial score (nSPS) is 12.7. The molecule has 4 nitrogen and oxygen atoms in total. The Morgan fingerprint density at radius 3 is 2.24 bits per heavy atom. The third-order valence-electron chi connectivity index (χ3n) is 3.20. The molecule has 0 bridgehead atoms. The van der Waals surface area contributed by atoms with Crippen LogP contribution in [0.5, 0.6) is 11.5 Å². The van der Waals surface area contributed by atoms with E-state index in [1.54, 1.807) is 7.11 Å². The van der Waals surface area contributed by atoms with E-state index in [1.165, 1.54) is 6.42 Å². The zero-order valence-electron chi connectivity index (χ0n) is 14.1. The molecule has 1 rings (SSSR count). The summed E-state index contributed by atoms with van der Waals surface area (Å²) in [6.45, 7) is 7.11. The lowest BCUT2D eigenvalue weighted by atomic mass is 10.0. The number of nitrogens with one attached hydrogen (secondary N) is 1. The van der Waals surface area contributed by atoms with Gasteiger partial charge in [0.1, 0.15) is 18.1 Å². The van der Waals surface area contributed by atoms with E-state index >= 15 is 0 Å². The minimum atomic E-state index is 0.513. The Kier molecular flexibility index (Phi) is 8.16. The Bertz CT molecular complexity index is 367. The van der Waals surface area contributed by atoms with Gasteiger partial charge in [-0.15, -0.1) is 0 Å². The molecule has 0 spiro atoms. The second-order valence-electron chi connectivity index (χ2n) is 6.07. The third-order valence-corrected chi connectivity index (χ3v) is 3.20. The van der Waals surface area contributed by atoms with Gasteiger partial charge in [-0.25, -0.2) is 0 Å². The molecular weight excluding hydrogens is 264 g/mol. The fourth-order valence-electron chi connectivity index (χ4n) is 2.34. The molecule has 0 aromatic heterocycles. The van der Waals surface area contributed by atoms with Crippen LogP contribution in [0.15, 0.2) is 24.3 Å². The number of nitrogens with zero attached hydrogens (tertiary/aromatic N) is 1. The summed E-state index contributed by atoms with van der Waals surface area (Å²) >= 11 is 0. The number of benzene rings is 1. The first kappa shape index (κ1) is 17.8. The molecule has 4 heteroatoms. The zero-order chi connectivity index (χ0) is 15.7. The summed E-state index contributed by atoms with van der Waals surface area (Å²) in [6, 6.07) is 8.21. The molecule has 0 amide bonds. The molecule has 120 valence electrons. The monoisotopic (exact) mass is 294 g/mol. The molecule has 21 heavy (non-hydrogen) atoms. The maximum absolute atomic E-state index is 5.73. The van der Waals surface area contributed by atoms with Crippen LogP contribution in [0.3, 0.4) is 0 Å². The fourth-order valence-corrected chi connectivity index (χ4v) is 2.34. The van der Waals surface area contributed by atoms with Gasteiger partial charge in [0.05, 0.1) is 7.11 Å². The maximum Gasteiger partial charge on any atom is 0.119 e. The minimum Gasteiger partial charge on any atom is -0.497 e. The molecular formula is C17H30N2O2. The van der Waals surface area contributed by atoms with Gasteiger partial charge in [-0.2, -0.15) is 0 Å². The molecule has 0 aliphatic carbocycles. The van der Waals surface area contributed by atoms with Crippen molar-refractivity contribution < 1.29 is 9.47 Å². The molecule has 1 aromatic rings. The van der Waals surface area contributed by atoms with Crippen LogP contribution in [-0.4, -0.2) is 51.8 Å². The molecule has 0 fully saturated rings. The average Bonchev–Trinajstić information content (AvgIpc) is 2.43. The summed E-state index contributed by atoms with van der Waals surface area (Å²) in [5.74, 6) is 2.43. The molecule has 0 aliphatic heterocycles. The number of ether oxygens (including phenoxy) is 2. The van der Waals surface area contributed by atoms with E-state index in [2.05, 4.69) is 38.2 Å². The van der Waals surface area contributed by atoms with E-state index < -0.39 is 0 Å². The topological polar surface area (TPSA) is 33.7 Å². The van der Waals surface area contributed by atoms with Gasteiger partial charge in [0.2, 0.25) is 0 Å². The van der Waals surface area contributed by atoms with Gasteiger partial charge >= 0.3 is 0 Å². The standard InChI is InChI=1S/C17H30N2O2/c1-14(2)12-15(13-19(3)4)18-10-11-21-17-8-6-16(20-5)7-9-17/h6-9,14-15,18H,10-13H2,1-5H3. The Hall–Kier alpha value is -1.26. The van der Waals surface area contributed by atoms with Crippen molar-refractivity contribution in [1.82, 2.24) is 10.2 Å². The highest BCUT2D eigenvalue weighted by Crippen LogP contribution is 2.16. The van der Waals surface area contributed by atoms with E-state index in [9.17, 15) is 0 Å². The van der Waals surface area contributed by atoms with Crippen LogP contribution in [0.2, 0.25) is 0 Å². The predicted octanol–water partition coefficient (Wildman–Crippen LogP) is 2.64. The van der Waals surface area contributed by atoms with Crippen LogP contribution < -0.4 is 14.8 Å². The van der Waals surface area contributed by atoms with Crippen molar-refractivity contribution >= 4 is 0 Å². The van der Waals surface area contributed by atoms with E-state index in [1.807, 2.05) is 24.3 Å². The molecule has 0 radical (unpaired) electrons. The van der Waals surface area contributed by atoms with Crippen LogP contribution in [0.1, 0.15) is 20.3 Å². The van der Waals surface area contributed by atoms with Crippen LogP contribution in [0.4, 0.5) is 0 Å². The summed E-state index contributed by atoms with van der Waals surface area (Å²) in [5, 5.41) is 3.58. The van der Waals surface area contributed by atoms with Crippen molar-refractivity contribution in [2.75, 3.05) is 40.9 Å². The summed E-state index contributed by atoms with van der Waals surface area (Å²) in [6.07, 6.45) is 1.18. The van der Waals surface area contributed by atoms with Crippen LogP contribution in [-0.2, 0) is 0 Å². The van der Waals surface area contributed by atoms with Crippen molar-refractivity contribution in [3.63, 3.8) is 0 Å². The SMILES string of the molecule is COc1ccc(OCCNC(CC(C)C)CN(C)C)cc1. The number of likely N-dealkylation sites (N-methyl/N-ethyl adjacent to an activating group) is 1. The van der Waals surface area contributed by atoms with Gasteiger partial charge in [0, 0.05) is 19.1 Å². The lowest BCUT2D eigenvalue weighted by Gasteiger charge is -2.24. The third kappa shape index (κ3) is 7.93. The lowest BCUT2D eigenvalue weighted by molar-refractivity contribution is 0.270. The average molecular weight is 294 g/mol. The van der Waals surface area contributed by atoms with E-state index in [-0.39, 0.29) is 0 Å². The second-order valence-corrected chi connectivity index (χ2v) is 6.07. The van der Waals surface area contributed by atoms with Gasteiger partial charge in [0.15, 0.2) is 0 Å². The molecule has 1 atom stereocenters. The molecule has 1 unspecified atom stereocenters. The van der Waals surface area contributed by atoms with Crippen LogP contribution in [0.25, 0.3) is 0 Å². The Balaban J connectivity index is 2.29. The summed E-state index contributed by atoms with van der Waals surface area (Å²) in [4.78, 5) is 2.23. The summed E-state index contributed by atoms with van der Waals surface area (Å²) in [5.41, 5.74) is 0. The zero-order valence-corrected chi connectivity index (χ0v) is 14.1. The van der Waals surface area contributed by atoms with Crippen molar-refractivity contribution in [2.24, 2.45) is 5.92 Å². The quantitative estimate of drug-likeness (QED) is 0.673. The Morgan fingerprint density at radius 2 is 1.71 bits per heavy atom. The molecule has 0 heterocycles.